The van der Waals surface area contributed by atoms with Crippen molar-refractivity contribution in [2.45, 2.75) is 32.2 Å². The number of aromatic nitrogens is 1. The molecule has 1 heterocycles. The lowest BCUT2D eigenvalue weighted by atomic mass is 9.87. The molecule has 0 aliphatic carbocycles. The zero-order chi connectivity index (χ0) is 12.0. The third kappa shape index (κ3) is 5.17. The summed E-state index contributed by atoms with van der Waals surface area (Å²) in [5, 5.41) is 3.15. The average molecular weight is 233 g/mol. The highest BCUT2D eigenvalue weighted by atomic mass is 32.2. The van der Waals surface area contributed by atoms with Gasteiger partial charge in [0.05, 0.1) is 0 Å². The van der Waals surface area contributed by atoms with Crippen LogP contribution in [0, 0.1) is 5.41 Å². The molecule has 0 saturated carbocycles. The maximum absolute atomic E-state index is 4.25. The van der Waals surface area contributed by atoms with Crippen LogP contribution in [0.4, 0.5) is 0 Å². The number of thioether (sulfide) groups is 1. The molecular weight excluding hydrogens is 214 g/mol. The summed E-state index contributed by atoms with van der Waals surface area (Å²) in [5.41, 5.74) is 1.39. The summed E-state index contributed by atoms with van der Waals surface area (Å²) in [5.74, 6) is 0. The molecule has 0 unspecified atom stereocenters. The molecule has 0 aliphatic rings. The summed E-state index contributed by atoms with van der Waals surface area (Å²) < 4.78 is 0. The molecule has 0 N–H and O–H groups in total. The Kier molecular flexibility index (Phi) is 4.81. The summed E-state index contributed by atoms with van der Waals surface area (Å²) >= 11 is 1.65. The molecule has 1 aromatic heterocycles. The normalized spacial score (nSPS) is 11.9. The second kappa shape index (κ2) is 5.90. The summed E-state index contributed by atoms with van der Waals surface area (Å²) in [6, 6.07) is 5.95. The van der Waals surface area contributed by atoms with Gasteiger partial charge < -0.3 is 0 Å². The number of allylic oxidation sites excluding steroid dienone is 2. The van der Waals surface area contributed by atoms with Crippen LogP contribution in [0.25, 0.3) is 0 Å². The third-order valence-corrected chi connectivity index (χ3v) is 2.86. The van der Waals surface area contributed by atoms with Crippen LogP contribution >= 0.6 is 11.8 Å². The van der Waals surface area contributed by atoms with E-state index >= 15 is 0 Å². The molecule has 2 heteroatoms. The lowest BCUT2D eigenvalue weighted by Gasteiger charge is -2.19. The van der Waals surface area contributed by atoms with Crippen LogP contribution in [0.1, 0.15) is 27.2 Å². The Hall–Kier alpha value is -1.02. The summed E-state index contributed by atoms with van der Waals surface area (Å²) in [6.45, 7) is 10.5. The van der Waals surface area contributed by atoms with E-state index in [0.717, 1.165) is 11.4 Å². The highest BCUT2D eigenvalue weighted by Gasteiger charge is 2.13. The smallest absolute Gasteiger partial charge is 0.100 e. The molecule has 16 heavy (non-hydrogen) atoms. The van der Waals surface area contributed by atoms with E-state index in [0.29, 0.717) is 0 Å². The fraction of sp³-hybridized carbons (Fsp3) is 0.357. The molecule has 1 rings (SSSR count). The van der Waals surface area contributed by atoms with E-state index in [4.69, 9.17) is 0 Å². The Balaban J connectivity index is 2.51. The van der Waals surface area contributed by atoms with Crippen molar-refractivity contribution >= 4 is 11.8 Å². The van der Waals surface area contributed by atoms with E-state index in [2.05, 4.69) is 43.8 Å². The molecule has 0 aromatic carbocycles. The average Bonchev–Trinajstić information content (AvgIpc) is 2.16. The van der Waals surface area contributed by atoms with Crippen molar-refractivity contribution in [1.82, 2.24) is 4.98 Å². The van der Waals surface area contributed by atoms with Gasteiger partial charge in [0.25, 0.3) is 0 Å². The summed E-state index contributed by atoms with van der Waals surface area (Å²) in [7, 11) is 0. The molecule has 1 nitrogen and oxygen atoms in total. The largest absolute Gasteiger partial charge is 0.250 e. The Morgan fingerprint density at radius 1 is 1.50 bits per heavy atom. The number of pyridine rings is 1. The van der Waals surface area contributed by atoms with Crippen molar-refractivity contribution in [1.29, 1.82) is 0 Å². The van der Waals surface area contributed by atoms with Gasteiger partial charge in [-0.2, -0.15) is 0 Å². The molecule has 0 amide bonds. The summed E-state index contributed by atoms with van der Waals surface area (Å²) in [4.78, 5) is 4.25. The first-order valence-corrected chi connectivity index (χ1v) is 6.27. The second-order valence-electron chi connectivity index (χ2n) is 4.71. The zero-order valence-corrected chi connectivity index (χ0v) is 11.1. The van der Waals surface area contributed by atoms with Gasteiger partial charge in [-0.25, -0.2) is 4.98 Å². The first kappa shape index (κ1) is 13.0. The van der Waals surface area contributed by atoms with Crippen molar-refractivity contribution in [3.05, 3.63) is 48.0 Å². The van der Waals surface area contributed by atoms with Crippen LogP contribution in [0.5, 0.6) is 0 Å². The van der Waals surface area contributed by atoms with Crippen LogP contribution in [0.15, 0.2) is 53.1 Å². The minimum Gasteiger partial charge on any atom is -0.250 e. The van der Waals surface area contributed by atoms with Gasteiger partial charge in [-0.15, -0.1) is 6.58 Å². The van der Waals surface area contributed by atoms with Crippen molar-refractivity contribution in [2.24, 2.45) is 5.41 Å². The Morgan fingerprint density at radius 3 is 2.81 bits per heavy atom. The van der Waals surface area contributed by atoms with Crippen LogP contribution < -0.4 is 0 Å². The second-order valence-corrected chi connectivity index (χ2v) is 5.64. The van der Waals surface area contributed by atoms with E-state index in [1.807, 2.05) is 24.4 Å². The maximum atomic E-state index is 4.25. The number of hydrogen-bond acceptors (Lipinski definition) is 2. The fourth-order valence-electron chi connectivity index (χ4n) is 1.54. The van der Waals surface area contributed by atoms with Crippen molar-refractivity contribution in [2.75, 3.05) is 0 Å². The van der Waals surface area contributed by atoms with Crippen molar-refractivity contribution < 1.29 is 0 Å². The molecule has 0 bridgehead atoms. The van der Waals surface area contributed by atoms with Gasteiger partial charge in [-0.3, -0.25) is 0 Å². The van der Waals surface area contributed by atoms with E-state index < -0.39 is 0 Å². The van der Waals surface area contributed by atoms with E-state index in [9.17, 15) is 0 Å². The minimum atomic E-state index is 0.174. The fourth-order valence-corrected chi connectivity index (χ4v) is 2.40. The molecule has 0 fully saturated rings. The van der Waals surface area contributed by atoms with E-state index in [1.54, 1.807) is 11.8 Å². The van der Waals surface area contributed by atoms with Gasteiger partial charge in [0, 0.05) is 6.20 Å². The van der Waals surface area contributed by atoms with Gasteiger partial charge in [0.1, 0.15) is 5.03 Å². The molecule has 0 radical (unpaired) electrons. The lowest BCUT2D eigenvalue weighted by molar-refractivity contribution is 0.477. The quantitative estimate of drug-likeness (QED) is 0.541. The van der Waals surface area contributed by atoms with Crippen LogP contribution in [-0.4, -0.2) is 4.98 Å². The van der Waals surface area contributed by atoms with Gasteiger partial charge in [-0.1, -0.05) is 43.3 Å². The Bertz CT molecular complexity index is 366. The number of hydrogen-bond donors (Lipinski definition) is 0. The first-order valence-electron chi connectivity index (χ1n) is 5.39. The minimum absolute atomic E-state index is 0.174. The lowest BCUT2D eigenvalue weighted by Crippen LogP contribution is -2.06. The number of rotatable bonds is 5. The van der Waals surface area contributed by atoms with E-state index in [-0.39, 0.29) is 5.41 Å². The standard InChI is InChI=1S/C14H19NS/c1-12(2)11-14(3,4)8-10-16-13-7-5-6-9-15-13/h5-10H,1,11H2,2-4H3/b10-8+. The number of nitrogens with zero attached hydrogens (tertiary/aromatic N) is 1. The van der Waals surface area contributed by atoms with Gasteiger partial charge in [0.15, 0.2) is 0 Å². The van der Waals surface area contributed by atoms with E-state index in [1.165, 1.54) is 5.57 Å². The first-order chi connectivity index (χ1) is 7.49. The summed E-state index contributed by atoms with van der Waals surface area (Å²) in [6.07, 6.45) is 5.06. The Labute approximate surface area is 103 Å². The molecule has 0 aliphatic heterocycles. The van der Waals surface area contributed by atoms with Crippen LogP contribution in [0.2, 0.25) is 0 Å². The maximum Gasteiger partial charge on any atom is 0.100 e. The van der Waals surface area contributed by atoms with Crippen molar-refractivity contribution in [3.8, 4) is 0 Å². The SMILES string of the molecule is C=C(C)CC(C)(C)/C=C/Sc1ccccn1. The molecule has 0 saturated heterocycles. The highest BCUT2D eigenvalue weighted by Crippen LogP contribution is 2.28. The monoisotopic (exact) mass is 233 g/mol. The molecule has 0 atom stereocenters. The Morgan fingerprint density at radius 2 is 2.25 bits per heavy atom. The predicted octanol–water partition coefficient (Wildman–Crippen LogP) is 4.68. The van der Waals surface area contributed by atoms with Crippen molar-refractivity contribution in [3.63, 3.8) is 0 Å². The predicted molar refractivity (Wildman–Crippen MR) is 72.4 cm³/mol. The zero-order valence-electron chi connectivity index (χ0n) is 10.2. The molecule has 86 valence electrons. The van der Waals surface area contributed by atoms with Crippen LogP contribution in [0.3, 0.4) is 0 Å². The molecule has 1 aromatic rings. The van der Waals surface area contributed by atoms with Gasteiger partial charge in [-0.05, 0) is 36.3 Å². The highest BCUT2D eigenvalue weighted by molar-refractivity contribution is 8.02. The molecular formula is C14H19NS. The molecule has 0 spiro atoms. The third-order valence-electron chi connectivity index (χ3n) is 2.10. The van der Waals surface area contributed by atoms with Gasteiger partial charge >= 0.3 is 0 Å². The van der Waals surface area contributed by atoms with Crippen LogP contribution in [-0.2, 0) is 0 Å². The van der Waals surface area contributed by atoms with Gasteiger partial charge in [0.2, 0.25) is 0 Å². The topological polar surface area (TPSA) is 12.9 Å².